The molecule has 0 heterocycles. The molecule has 0 unspecified atom stereocenters. The molecule has 0 spiro atoms. The van der Waals surface area contributed by atoms with E-state index in [1.807, 2.05) is 0 Å². The van der Waals surface area contributed by atoms with Gasteiger partial charge in [-0.25, -0.2) is 0 Å². The van der Waals surface area contributed by atoms with Crippen LogP contribution in [0.25, 0.3) is 0 Å². The zero-order chi connectivity index (χ0) is 13.0. The van der Waals surface area contributed by atoms with Crippen molar-refractivity contribution in [2.24, 2.45) is 4.99 Å². The molecule has 0 saturated heterocycles. The summed E-state index contributed by atoms with van der Waals surface area (Å²) in [5, 5.41) is 0. The zero-order valence-corrected chi connectivity index (χ0v) is 11.3. The molecule has 0 bridgehead atoms. The molecular formula is C15H21NO. The molecular weight excluding hydrogens is 210 g/mol. The van der Waals surface area contributed by atoms with Crippen LogP contribution in [0.5, 0.6) is 0 Å². The molecule has 0 radical (unpaired) electrons. The van der Waals surface area contributed by atoms with Crippen LogP contribution >= 0.6 is 0 Å². The molecule has 0 aliphatic heterocycles. The Kier molecular flexibility index (Phi) is 4.62. The molecule has 0 aromatic heterocycles. The summed E-state index contributed by atoms with van der Waals surface area (Å²) < 4.78 is 0. The van der Waals surface area contributed by atoms with Gasteiger partial charge >= 0.3 is 0 Å². The van der Waals surface area contributed by atoms with Gasteiger partial charge in [0.2, 0.25) is 0 Å². The lowest BCUT2D eigenvalue weighted by atomic mass is 9.93. The number of Topliss-reactive ketones (excluding diaryl/α,β-unsaturated/α-hetero) is 1. The molecule has 1 aromatic rings. The lowest BCUT2D eigenvalue weighted by Gasteiger charge is -2.15. The van der Waals surface area contributed by atoms with E-state index in [0.717, 1.165) is 5.69 Å². The van der Waals surface area contributed by atoms with E-state index in [4.69, 9.17) is 0 Å². The number of aliphatic imine (C=N–C) groups is 1. The van der Waals surface area contributed by atoms with Gasteiger partial charge < -0.3 is 0 Å². The number of hydrogen-bond acceptors (Lipinski definition) is 2. The molecule has 92 valence electrons. The minimum Gasteiger partial charge on any atom is -0.293 e. The van der Waals surface area contributed by atoms with E-state index in [1.165, 1.54) is 24.3 Å². The first-order valence-corrected chi connectivity index (χ1v) is 6.11. The van der Waals surface area contributed by atoms with Crippen molar-refractivity contribution < 1.29 is 4.79 Å². The third kappa shape index (κ3) is 3.52. The predicted octanol–water partition coefficient (Wildman–Crippen LogP) is 4.22. The third-order valence-electron chi connectivity index (χ3n) is 2.72. The number of nitrogens with zero attached hydrogens (tertiary/aromatic N) is 1. The van der Waals surface area contributed by atoms with Crippen LogP contribution in [0.15, 0.2) is 23.2 Å². The first-order valence-electron chi connectivity index (χ1n) is 6.11. The highest BCUT2D eigenvalue weighted by atomic mass is 16.1. The minimum absolute atomic E-state index is 0.0155. The summed E-state index contributed by atoms with van der Waals surface area (Å²) in [5.41, 5.74) is 3.37. The topological polar surface area (TPSA) is 29.4 Å². The van der Waals surface area contributed by atoms with E-state index >= 15 is 0 Å². The molecule has 0 amide bonds. The summed E-state index contributed by atoms with van der Waals surface area (Å²) in [6, 6.07) is 6.24. The molecule has 1 aromatic carbocycles. The van der Waals surface area contributed by atoms with E-state index in [1.54, 1.807) is 0 Å². The first-order chi connectivity index (χ1) is 7.93. The van der Waals surface area contributed by atoms with Crippen LogP contribution in [0.3, 0.4) is 0 Å². The van der Waals surface area contributed by atoms with E-state index in [0.29, 0.717) is 11.8 Å². The van der Waals surface area contributed by atoms with Crippen molar-refractivity contribution in [3.63, 3.8) is 0 Å². The number of rotatable bonds is 4. The van der Waals surface area contributed by atoms with Crippen molar-refractivity contribution in [3.8, 4) is 0 Å². The van der Waals surface area contributed by atoms with Crippen molar-refractivity contribution in [1.29, 1.82) is 0 Å². The number of hydrogen-bond donors (Lipinski definition) is 0. The molecule has 1 rings (SSSR count). The Morgan fingerprint density at radius 1 is 1.12 bits per heavy atom. The van der Waals surface area contributed by atoms with Crippen LogP contribution in [-0.4, -0.2) is 12.0 Å². The van der Waals surface area contributed by atoms with E-state index in [9.17, 15) is 4.79 Å². The van der Waals surface area contributed by atoms with Crippen molar-refractivity contribution in [2.75, 3.05) is 0 Å². The van der Waals surface area contributed by atoms with Crippen molar-refractivity contribution >= 4 is 17.7 Å². The molecule has 0 atom stereocenters. The van der Waals surface area contributed by atoms with Crippen molar-refractivity contribution in [3.05, 3.63) is 29.3 Å². The second-order valence-corrected chi connectivity index (χ2v) is 4.96. The number of carbonyl (C=O) groups excluding carboxylic acids is 1. The maximum atomic E-state index is 11.0. The van der Waals surface area contributed by atoms with E-state index in [-0.39, 0.29) is 5.78 Å². The van der Waals surface area contributed by atoms with Crippen molar-refractivity contribution in [2.45, 2.75) is 46.5 Å². The molecule has 0 N–H and O–H groups in total. The number of carbonyl (C=O) groups is 1. The summed E-state index contributed by atoms with van der Waals surface area (Å²) in [7, 11) is 0. The molecule has 17 heavy (non-hydrogen) atoms. The monoisotopic (exact) mass is 231 g/mol. The Morgan fingerprint density at radius 3 is 1.94 bits per heavy atom. The highest BCUT2D eigenvalue weighted by molar-refractivity contribution is 6.26. The van der Waals surface area contributed by atoms with Gasteiger partial charge in [-0.15, -0.1) is 0 Å². The summed E-state index contributed by atoms with van der Waals surface area (Å²) in [6.07, 6.45) is 1.41. The number of ketones is 1. The van der Waals surface area contributed by atoms with Gasteiger partial charge in [0.15, 0.2) is 5.78 Å². The third-order valence-corrected chi connectivity index (χ3v) is 2.72. The fourth-order valence-electron chi connectivity index (χ4n) is 1.82. The first kappa shape index (κ1) is 13.6. The molecule has 0 saturated carbocycles. The van der Waals surface area contributed by atoms with Gasteiger partial charge in [0.05, 0.1) is 11.9 Å². The lowest BCUT2D eigenvalue weighted by Crippen LogP contribution is -1.97. The van der Waals surface area contributed by atoms with Gasteiger partial charge in [-0.1, -0.05) is 45.9 Å². The minimum atomic E-state index is -0.0155. The van der Waals surface area contributed by atoms with Crippen LogP contribution < -0.4 is 0 Å². The van der Waals surface area contributed by atoms with Gasteiger partial charge in [0, 0.05) is 6.92 Å². The Balaban J connectivity index is 3.33. The summed E-state index contributed by atoms with van der Waals surface area (Å²) >= 11 is 0. The highest BCUT2D eigenvalue weighted by Gasteiger charge is 2.12. The Morgan fingerprint density at radius 2 is 1.59 bits per heavy atom. The maximum absolute atomic E-state index is 11.0. The van der Waals surface area contributed by atoms with Crippen LogP contribution in [0.4, 0.5) is 5.69 Å². The average Bonchev–Trinajstić information content (AvgIpc) is 2.25. The quantitative estimate of drug-likeness (QED) is 0.713. The van der Waals surface area contributed by atoms with Crippen LogP contribution in [-0.2, 0) is 4.79 Å². The maximum Gasteiger partial charge on any atom is 0.170 e. The summed E-state index contributed by atoms with van der Waals surface area (Å²) in [6.45, 7) is 10.1. The molecule has 0 aliphatic carbocycles. The average molecular weight is 231 g/mol. The number of para-hydroxylation sites is 1. The second-order valence-electron chi connectivity index (χ2n) is 4.96. The van der Waals surface area contributed by atoms with Gasteiger partial charge in [0.1, 0.15) is 0 Å². The van der Waals surface area contributed by atoms with Gasteiger partial charge in [-0.3, -0.25) is 9.79 Å². The fraction of sp³-hybridized carbons (Fsp3) is 0.467. The van der Waals surface area contributed by atoms with E-state index in [2.05, 4.69) is 50.9 Å². The summed E-state index contributed by atoms with van der Waals surface area (Å²) in [5.74, 6) is 0.805. The smallest absolute Gasteiger partial charge is 0.170 e. The lowest BCUT2D eigenvalue weighted by molar-refractivity contribution is -0.110. The van der Waals surface area contributed by atoms with Crippen LogP contribution in [0, 0.1) is 0 Å². The molecule has 0 fully saturated rings. The predicted molar refractivity (Wildman–Crippen MR) is 73.5 cm³/mol. The SMILES string of the molecule is CC(=O)C=Nc1c(C(C)C)cccc1C(C)C. The largest absolute Gasteiger partial charge is 0.293 e. The van der Waals surface area contributed by atoms with Crippen molar-refractivity contribution in [1.82, 2.24) is 0 Å². The normalized spacial score (nSPS) is 11.7. The van der Waals surface area contributed by atoms with Gasteiger partial charge in [-0.2, -0.15) is 0 Å². The highest BCUT2D eigenvalue weighted by Crippen LogP contribution is 2.34. The molecule has 0 aliphatic rings. The fourth-order valence-corrected chi connectivity index (χ4v) is 1.82. The Labute approximate surface area is 104 Å². The standard InChI is InChI=1S/C15H21NO/c1-10(2)13-7-6-8-14(11(3)4)15(13)16-9-12(5)17/h6-11H,1-5H3. The molecule has 2 heteroatoms. The zero-order valence-electron chi connectivity index (χ0n) is 11.3. The van der Waals surface area contributed by atoms with Crippen LogP contribution in [0.1, 0.15) is 57.6 Å². The van der Waals surface area contributed by atoms with Crippen LogP contribution in [0.2, 0.25) is 0 Å². The number of benzene rings is 1. The van der Waals surface area contributed by atoms with E-state index < -0.39 is 0 Å². The second kappa shape index (κ2) is 5.76. The molecule has 2 nitrogen and oxygen atoms in total. The Bertz CT molecular complexity index is 404. The Hall–Kier alpha value is -1.44. The van der Waals surface area contributed by atoms with Gasteiger partial charge in [0.25, 0.3) is 0 Å². The van der Waals surface area contributed by atoms with Gasteiger partial charge in [-0.05, 0) is 23.0 Å². The summed E-state index contributed by atoms with van der Waals surface area (Å²) in [4.78, 5) is 15.4.